The lowest BCUT2D eigenvalue weighted by molar-refractivity contribution is 0.174. The van der Waals surface area contributed by atoms with Crippen LogP contribution in [0.25, 0.3) is 0 Å². The first-order valence-electron chi connectivity index (χ1n) is 8.57. The highest BCUT2D eigenvalue weighted by Crippen LogP contribution is 2.32. The van der Waals surface area contributed by atoms with Crippen LogP contribution in [0.15, 0.2) is 36.4 Å². The van der Waals surface area contributed by atoms with Gasteiger partial charge in [-0.25, -0.2) is 4.79 Å². The standard InChI is InChI=1S/C20H24N2O3/c1-13(2)16-6-4-5-14(3)19(16)22-20(23)21-10-9-15-7-8-17-18(11-15)25-12-24-17/h4-8,11,13H,9-10,12H2,1-3H3,(H2,21,22,23). The zero-order valence-electron chi connectivity index (χ0n) is 14.9. The Labute approximate surface area is 148 Å². The normalized spacial score (nSPS) is 12.3. The molecule has 0 radical (unpaired) electrons. The smallest absolute Gasteiger partial charge is 0.319 e. The Kier molecular flexibility index (Phi) is 5.12. The SMILES string of the molecule is Cc1cccc(C(C)C)c1NC(=O)NCCc1ccc2c(c1)OCO2. The second-order valence-corrected chi connectivity index (χ2v) is 6.51. The molecule has 0 bridgehead atoms. The van der Waals surface area contributed by atoms with E-state index in [1.807, 2.05) is 37.3 Å². The van der Waals surface area contributed by atoms with E-state index in [1.54, 1.807) is 0 Å². The molecule has 5 heteroatoms. The molecule has 3 rings (SSSR count). The van der Waals surface area contributed by atoms with Crippen LogP contribution in [0.2, 0.25) is 0 Å². The van der Waals surface area contributed by atoms with E-state index in [4.69, 9.17) is 9.47 Å². The van der Waals surface area contributed by atoms with Gasteiger partial charge in [0.1, 0.15) is 0 Å². The highest BCUT2D eigenvalue weighted by Gasteiger charge is 2.14. The number of benzene rings is 2. The number of anilines is 1. The Morgan fingerprint density at radius 3 is 2.76 bits per heavy atom. The van der Waals surface area contributed by atoms with Gasteiger partial charge >= 0.3 is 6.03 Å². The number of carbonyl (C=O) groups excluding carboxylic acids is 1. The van der Waals surface area contributed by atoms with Gasteiger partial charge in [0.05, 0.1) is 0 Å². The third-order valence-electron chi connectivity index (χ3n) is 4.30. The molecule has 0 fully saturated rings. The first kappa shape index (κ1) is 17.1. The summed E-state index contributed by atoms with van der Waals surface area (Å²) >= 11 is 0. The number of hydrogen-bond acceptors (Lipinski definition) is 3. The summed E-state index contributed by atoms with van der Waals surface area (Å²) < 4.78 is 10.7. The van der Waals surface area contributed by atoms with Crippen molar-refractivity contribution in [1.29, 1.82) is 0 Å². The Balaban J connectivity index is 1.55. The molecule has 132 valence electrons. The monoisotopic (exact) mass is 340 g/mol. The molecule has 25 heavy (non-hydrogen) atoms. The third kappa shape index (κ3) is 4.05. The summed E-state index contributed by atoms with van der Waals surface area (Å²) in [5.41, 5.74) is 4.21. The van der Waals surface area contributed by atoms with Gasteiger partial charge in [-0.15, -0.1) is 0 Å². The highest BCUT2D eigenvalue weighted by atomic mass is 16.7. The van der Waals surface area contributed by atoms with Crippen LogP contribution < -0.4 is 20.1 Å². The van der Waals surface area contributed by atoms with Crippen molar-refractivity contribution in [3.63, 3.8) is 0 Å². The Bertz CT molecular complexity index is 772. The molecule has 0 saturated carbocycles. The van der Waals surface area contributed by atoms with Crippen LogP contribution in [0.4, 0.5) is 10.5 Å². The van der Waals surface area contributed by atoms with Crippen LogP contribution in [-0.4, -0.2) is 19.4 Å². The number of hydrogen-bond donors (Lipinski definition) is 2. The third-order valence-corrected chi connectivity index (χ3v) is 4.30. The van der Waals surface area contributed by atoms with Gasteiger partial charge in [-0.2, -0.15) is 0 Å². The number of aryl methyl sites for hydroxylation is 1. The van der Waals surface area contributed by atoms with E-state index < -0.39 is 0 Å². The van der Waals surface area contributed by atoms with Crippen molar-refractivity contribution in [1.82, 2.24) is 5.32 Å². The maximum atomic E-state index is 12.3. The van der Waals surface area contributed by atoms with Crippen molar-refractivity contribution < 1.29 is 14.3 Å². The van der Waals surface area contributed by atoms with Gasteiger partial charge in [0.25, 0.3) is 0 Å². The van der Waals surface area contributed by atoms with Crippen molar-refractivity contribution >= 4 is 11.7 Å². The van der Waals surface area contributed by atoms with Gasteiger partial charge in [-0.3, -0.25) is 0 Å². The van der Waals surface area contributed by atoms with Gasteiger partial charge in [0.15, 0.2) is 11.5 Å². The topological polar surface area (TPSA) is 59.6 Å². The van der Waals surface area contributed by atoms with Crippen LogP contribution in [-0.2, 0) is 6.42 Å². The number of amides is 2. The summed E-state index contributed by atoms with van der Waals surface area (Å²) in [5, 5.41) is 5.91. The van der Waals surface area contributed by atoms with Crippen molar-refractivity contribution in [3.05, 3.63) is 53.1 Å². The molecule has 0 spiro atoms. The van der Waals surface area contributed by atoms with E-state index in [-0.39, 0.29) is 12.8 Å². The summed E-state index contributed by atoms with van der Waals surface area (Å²) in [6.45, 7) is 7.07. The maximum absolute atomic E-state index is 12.3. The van der Waals surface area contributed by atoms with Crippen LogP contribution >= 0.6 is 0 Å². The van der Waals surface area contributed by atoms with Crippen LogP contribution in [0.1, 0.15) is 36.5 Å². The molecule has 2 aromatic rings. The minimum Gasteiger partial charge on any atom is -0.454 e. The molecule has 2 aromatic carbocycles. The van der Waals surface area contributed by atoms with E-state index in [1.165, 1.54) is 0 Å². The molecule has 5 nitrogen and oxygen atoms in total. The summed E-state index contributed by atoms with van der Waals surface area (Å²) in [7, 11) is 0. The van der Waals surface area contributed by atoms with Crippen molar-refractivity contribution in [2.45, 2.75) is 33.1 Å². The summed E-state index contributed by atoms with van der Waals surface area (Å²) in [6.07, 6.45) is 0.731. The van der Waals surface area contributed by atoms with Crippen LogP contribution in [0.3, 0.4) is 0 Å². The predicted molar refractivity (Wildman–Crippen MR) is 98.6 cm³/mol. The molecular formula is C20H24N2O3. The zero-order valence-corrected chi connectivity index (χ0v) is 14.9. The number of urea groups is 1. The fourth-order valence-corrected chi connectivity index (χ4v) is 2.92. The van der Waals surface area contributed by atoms with Gasteiger partial charge in [0.2, 0.25) is 6.79 Å². The molecule has 0 aliphatic carbocycles. The molecule has 0 saturated heterocycles. The number of ether oxygens (including phenoxy) is 2. The number of carbonyl (C=O) groups is 1. The molecule has 0 unspecified atom stereocenters. The van der Waals surface area contributed by atoms with E-state index in [2.05, 4.69) is 30.5 Å². The predicted octanol–water partition coefficient (Wildman–Crippen LogP) is 4.21. The zero-order chi connectivity index (χ0) is 17.8. The first-order valence-corrected chi connectivity index (χ1v) is 8.57. The first-order chi connectivity index (χ1) is 12.0. The molecule has 2 amide bonds. The summed E-state index contributed by atoms with van der Waals surface area (Å²) in [6, 6.07) is 11.8. The molecule has 1 heterocycles. The minimum atomic E-state index is -0.183. The molecular weight excluding hydrogens is 316 g/mol. The largest absolute Gasteiger partial charge is 0.454 e. The van der Waals surface area contributed by atoms with Gasteiger partial charge in [0, 0.05) is 12.2 Å². The van der Waals surface area contributed by atoms with Gasteiger partial charge < -0.3 is 20.1 Å². The lowest BCUT2D eigenvalue weighted by Crippen LogP contribution is -2.31. The number of para-hydroxylation sites is 1. The molecule has 1 aliphatic heterocycles. The van der Waals surface area contributed by atoms with Crippen molar-refractivity contribution in [2.24, 2.45) is 0 Å². The Hall–Kier alpha value is -2.69. The van der Waals surface area contributed by atoms with Gasteiger partial charge in [-0.1, -0.05) is 38.1 Å². The van der Waals surface area contributed by atoms with E-state index in [0.29, 0.717) is 12.5 Å². The fraction of sp³-hybridized carbons (Fsp3) is 0.350. The molecule has 1 aliphatic rings. The van der Waals surface area contributed by atoms with E-state index >= 15 is 0 Å². The molecule has 2 N–H and O–H groups in total. The van der Waals surface area contributed by atoms with E-state index in [9.17, 15) is 4.79 Å². The van der Waals surface area contributed by atoms with Crippen LogP contribution in [0, 0.1) is 6.92 Å². The van der Waals surface area contributed by atoms with E-state index in [0.717, 1.165) is 40.3 Å². The maximum Gasteiger partial charge on any atom is 0.319 e. The second-order valence-electron chi connectivity index (χ2n) is 6.51. The number of nitrogens with one attached hydrogen (secondary N) is 2. The quantitative estimate of drug-likeness (QED) is 0.857. The van der Waals surface area contributed by atoms with Crippen LogP contribution in [0.5, 0.6) is 11.5 Å². The fourth-order valence-electron chi connectivity index (χ4n) is 2.92. The lowest BCUT2D eigenvalue weighted by atomic mass is 9.98. The number of fused-ring (bicyclic) bond motifs is 1. The van der Waals surface area contributed by atoms with Crippen molar-refractivity contribution in [3.8, 4) is 11.5 Å². The second kappa shape index (κ2) is 7.47. The lowest BCUT2D eigenvalue weighted by Gasteiger charge is -2.16. The molecule has 0 aromatic heterocycles. The highest BCUT2D eigenvalue weighted by molar-refractivity contribution is 5.91. The molecule has 0 atom stereocenters. The summed E-state index contributed by atoms with van der Waals surface area (Å²) in [5.74, 6) is 1.89. The Morgan fingerprint density at radius 2 is 1.96 bits per heavy atom. The Morgan fingerprint density at radius 1 is 1.16 bits per heavy atom. The van der Waals surface area contributed by atoms with Gasteiger partial charge in [-0.05, 0) is 48.1 Å². The average molecular weight is 340 g/mol. The minimum absolute atomic E-state index is 0.183. The summed E-state index contributed by atoms with van der Waals surface area (Å²) in [4.78, 5) is 12.3. The van der Waals surface area contributed by atoms with Crippen molar-refractivity contribution in [2.75, 3.05) is 18.7 Å². The average Bonchev–Trinajstić information content (AvgIpc) is 3.04. The number of rotatable bonds is 5.